The molecule has 2 aromatic carbocycles. The standard InChI is InChI=1S/C21H26N2O5S/c1-2-27-20-13-7-6-12-19(20)23(29(25,26)18-10-4-3-5-11-18)16-21(24)22-15-17-9-8-14-28-17/h3-7,10-13,17H,2,8-9,14-16H2,1H3,(H,22,24). The third-order valence-corrected chi connectivity index (χ3v) is 6.38. The van der Waals surface area contributed by atoms with Crippen LogP contribution in [-0.2, 0) is 19.6 Å². The van der Waals surface area contributed by atoms with Crippen molar-refractivity contribution in [2.24, 2.45) is 0 Å². The van der Waals surface area contributed by atoms with Gasteiger partial charge in [0.2, 0.25) is 5.91 Å². The van der Waals surface area contributed by atoms with Gasteiger partial charge in [-0.05, 0) is 44.0 Å². The van der Waals surface area contributed by atoms with Crippen LogP contribution in [0.5, 0.6) is 5.75 Å². The van der Waals surface area contributed by atoms with E-state index < -0.39 is 15.9 Å². The highest BCUT2D eigenvalue weighted by molar-refractivity contribution is 7.92. The third-order valence-electron chi connectivity index (χ3n) is 4.60. The molecule has 2 aromatic rings. The molecule has 0 spiro atoms. The number of carbonyl (C=O) groups excluding carboxylic acids is 1. The molecule has 0 bridgehead atoms. The van der Waals surface area contributed by atoms with Crippen molar-refractivity contribution in [3.8, 4) is 5.75 Å². The van der Waals surface area contributed by atoms with Crippen molar-refractivity contribution in [2.75, 3.05) is 30.6 Å². The highest BCUT2D eigenvalue weighted by atomic mass is 32.2. The number of hydrogen-bond acceptors (Lipinski definition) is 5. The van der Waals surface area contributed by atoms with Crippen LogP contribution < -0.4 is 14.4 Å². The van der Waals surface area contributed by atoms with Gasteiger partial charge < -0.3 is 14.8 Å². The molecule has 29 heavy (non-hydrogen) atoms. The van der Waals surface area contributed by atoms with Crippen molar-refractivity contribution < 1.29 is 22.7 Å². The van der Waals surface area contributed by atoms with Gasteiger partial charge in [0.1, 0.15) is 12.3 Å². The number of anilines is 1. The molecule has 1 atom stereocenters. The van der Waals surface area contributed by atoms with E-state index in [1.807, 2.05) is 6.92 Å². The van der Waals surface area contributed by atoms with Gasteiger partial charge in [0.05, 0.1) is 23.3 Å². The quantitative estimate of drug-likeness (QED) is 0.677. The van der Waals surface area contributed by atoms with Crippen molar-refractivity contribution in [3.05, 3.63) is 54.6 Å². The molecule has 1 saturated heterocycles. The van der Waals surface area contributed by atoms with E-state index in [0.29, 0.717) is 31.2 Å². The zero-order chi connectivity index (χ0) is 20.7. The van der Waals surface area contributed by atoms with Crippen LogP contribution in [0.25, 0.3) is 0 Å². The first-order valence-corrected chi connectivity index (χ1v) is 11.1. The molecule has 1 unspecified atom stereocenters. The predicted molar refractivity (Wildman–Crippen MR) is 111 cm³/mol. The number of sulfonamides is 1. The molecule has 0 saturated carbocycles. The number of amides is 1. The fourth-order valence-corrected chi connectivity index (χ4v) is 4.63. The smallest absolute Gasteiger partial charge is 0.264 e. The average molecular weight is 419 g/mol. The predicted octanol–water partition coefficient (Wildman–Crippen LogP) is 2.58. The van der Waals surface area contributed by atoms with Gasteiger partial charge in [0, 0.05) is 13.2 Å². The summed E-state index contributed by atoms with van der Waals surface area (Å²) in [6, 6.07) is 14.9. The minimum Gasteiger partial charge on any atom is -0.492 e. The van der Waals surface area contributed by atoms with Crippen molar-refractivity contribution in [2.45, 2.75) is 30.8 Å². The third kappa shape index (κ3) is 5.27. The maximum absolute atomic E-state index is 13.4. The Morgan fingerprint density at radius 2 is 1.90 bits per heavy atom. The largest absolute Gasteiger partial charge is 0.492 e. The van der Waals surface area contributed by atoms with E-state index >= 15 is 0 Å². The second-order valence-corrected chi connectivity index (χ2v) is 8.53. The number of nitrogens with zero attached hydrogens (tertiary/aromatic N) is 1. The van der Waals surface area contributed by atoms with E-state index in [1.165, 1.54) is 12.1 Å². The highest BCUT2D eigenvalue weighted by Crippen LogP contribution is 2.32. The molecule has 1 fully saturated rings. The van der Waals surface area contributed by atoms with Crippen molar-refractivity contribution >= 4 is 21.6 Å². The Balaban J connectivity index is 1.88. The molecule has 0 aliphatic carbocycles. The Kier molecular flexibility index (Phi) is 7.11. The van der Waals surface area contributed by atoms with Gasteiger partial charge >= 0.3 is 0 Å². The molecule has 156 valence electrons. The summed E-state index contributed by atoms with van der Waals surface area (Å²) in [5.41, 5.74) is 0.325. The van der Waals surface area contributed by atoms with Crippen LogP contribution in [0, 0.1) is 0 Å². The van der Waals surface area contributed by atoms with Crippen LogP contribution in [0.15, 0.2) is 59.5 Å². The van der Waals surface area contributed by atoms with Gasteiger partial charge in [-0.3, -0.25) is 9.10 Å². The fraction of sp³-hybridized carbons (Fsp3) is 0.381. The van der Waals surface area contributed by atoms with E-state index in [1.54, 1.807) is 42.5 Å². The fourth-order valence-electron chi connectivity index (χ4n) is 3.18. The normalized spacial score (nSPS) is 16.4. The Bertz CT molecular complexity index is 912. The summed E-state index contributed by atoms with van der Waals surface area (Å²) in [4.78, 5) is 12.7. The van der Waals surface area contributed by atoms with E-state index in [-0.39, 0.29) is 17.5 Å². The number of benzene rings is 2. The van der Waals surface area contributed by atoms with Crippen LogP contribution in [0.4, 0.5) is 5.69 Å². The summed E-state index contributed by atoms with van der Waals surface area (Å²) < 4.78 is 38.9. The number of nitrogens with one attached hydrogen (secondary N) is 1. The topological polar surface area (TPSA) is 84.9 Å². The lowest BCUT2D eigenvalue weighted by Crippen LogP contribution is -2.43. The molecule has 1 heterocycles. The first-order chi connectivity index (χ1) is 14.0. The lowest BCUT2D eigenvalue weighted by atomic mass is 10.2. The highest BCUT2D eigenvalue weighted by Gasteiger charge is 2.29. The zero-order valence-electron chi connectivity index (χ0n) is 16.4. The zero-order valence-corrected chi connectivity index (χ0v) is 17.2. The maximum atomic E-state index is 13.4. The number of carbonyl (C=O) groups is 1. The van der Waals surface area contributed by atoms with Crippen LogP contribution >= 0.6 is 0 Å². The summed E-state index contributed by atoms with van der Waals surface area (Å²) in [7, 11) is -3.97. The molecule has 1 amide bonds. The summed E-state index contributed by atoms with van der Waals surface area (Å²) in [6.45, 7) is 2.90. The number of hydrogen-bond donors (Lipinski definition) is 1. The van der Waals surface area contributed by atoms with E-state index in [4.69, 9.17) is 9.47 Å². The molecule has 1 N–H and O–H groups in total. The minimum absolute atomic E-state index is 0.0196. The molecule has 0 radical (unpaired) electrons. The van der Waals surface area contributed by atoms with Gasteiger partial charge in [0.15, 0.2) is 0 Å². The Hall–Kier alpha value is -2.58. The molecule has 7 nitrogen and oxygen atoms in total. The Morgan fingerprint density at radius 1 is 1.17 bits per heavy atom. The summed E-state index contributed by atoms with van der Waals surface area (Å²) in [5.74, 6) is 0.00717. The van der Waals surface area contributed by atoms with Crippen LogP contribution in [0.2, 0.25) is 0 Å². The molecule has 0 aromatic heterocycles. The SMILES string of the molecule is CCOc1ccccc1N(CC(=O)NCC1CCCO1)S(=O)(=O)c1ccccc1. The Morgan fingerprint density at radius 3 is 2.59 bits per heavy atom. The Labute approximate surface area is 171 Å². The van der Waals surface area contributed by atoms with Gasteiger partial charge in [-0.1, -0.05) is 30.3 Å². The lowest BCUT2D eigenvalue weighted by molar-refractivity contribution is -0.120. The minimum atomic E-state index is -3.97. The van der Waals surface area contributed by atoms with Gasteiger partial charge in [0.25, 0.3) is 10.0 Å². The molecule has 1 aliphatic rings. The van der Waals surface area contributed by atoms with Gasteiger partial charge in [-0.25, -0.2) is 8.42 Å². The number of rotatable bonds is 9. The maximum Gasteiger partial charge on any atom is 0.264 e. The monoisotopic (exact) mass is 418 g/mol. The van der Waals surface area contributed by atoms with Crippen molar-refractivity contribution in [3.63, 3.8) is 0 Å². The number of ether oxygens (including phenoxy) is 2. The molecule has 3 rings (SSSR count). The summed E-state index contributed by atoms with van der Waals surface area (Å²) in [5, 5.41) is 2.79. The van der Waals surface area contributed by atoms with Crippen molar-refractivity contribution in [1.82, 2.24) is 5.32 Å². The van der Waals surface area contributed by atoms with Crippen LogP contribution in [0.1, 0.15) is 19.8 Å². The van der Waals surface area contributed by atoms with Gasteiger partial charge in [-0.15, -0.1) is 0 Å². The first-order valence-electron chi connectivity index (χ1n) is 9.70. The summed E-state index contributed by atoms with van der Waals surface area (Å²) in [6.07, 6.45) is 1.84. The molecular weight excluding hydrogens is 392 g/mol. The van der Waals surface area contributed by atoms with Crippen LogP contribution in [0.3, 0.4) is 0 Å². The number of para-hydroxylation sites is 2. The second-order valence-electron chi connectivity index (χ2n) is 6.66. The van der Waals surface area contributed by atoms with E-state index in [9.17, 15) is 13.2 Å². The first kappa shape index (κ1) is 21.1. The lowest BCUT2D eigenvalue weighted by Gasteiger charge is -2.26. The average Bonchev–Trinajstić information content (AvgIpc) is 3.26. The molecular formula is C21H26N2O5S. The van der Waals surface area contributed by atoms with Crippen LogP contribution in [-0.4, -0.2) is 46.7 Å². The molecule has 8 heteroatoms. The molecule has 1 aliphatic heterocycles. The van der Waals surface area contributed by atoms with Crippen molar-refractivity contribution in [1.29, 1.82) is 0 Å². The van der Waals surface area contributed by atoms with E-state index in [2.05, 4.69) is 5.32 Å². The second kappa shape index (κ2) is 9.76. The van der Waals surface area contributed by atoms with E-state index in [0.717, 1.165) is 17.1 Å². The van der Waals surface area contributed by atoms with Gasteiger partial charge in [-0.2, -0.15) is 0 Å². The summed E-state index contributed by atoms with van der Waals surface area (Å²) >= 11 is 0.